The molecule has 10 heteroatoms. The highest BCUT2D eigenvalue weighted by Crippen LogP contribution is 2.40. The lowest BCUT2D eigenvalue weighted by atomic mass is 10.1. The Hall–Kier alpha value is -3.21. The molecule has 0 unspecified atom stereocenters. The van der Waals surface area contributed by atoms with Crippen LogP contribution < -0.4 is 19.7 Å². The topological polar surface area (TPSA) is 67.9 Å². The van der Waals surface area contributed by atoms with E-state index in [4.69, 9.17) is 21.7 Å². The molecule has 0 saturated carbocycles. The predicted octanol–water partition coefficient (Wildman–Crippen LogP) is 6.02. The second-order valence-corrected chi connectivity index (χ2v) is 9.76. The normalized spacial score (nSPS) is 14.4. The fourth-order valence-corrected chi connectivity index (χ4v) is 5.12. The summed E-state index contributed by atoms with van der Waals surface area (Å²) in [7, 11) is 1.48. The van der Waals surface area contributed by atoms with Gasteiger partial charge in [-0.3, -0.25) is 14.5 Å². The standard InChI is InChI=1S/C25H18BrFN2O4S2/c1-32-20-12-15(11-19(26)23(20)33-14-22(30)28-17-5-3-2-4-6-17)13-21-24(31)29(25(34)35-21)18-9-7-16(27)8-10-18/h2-13H,14H2,1H3,(H,28,30)/b21-13-. The Morgan fingerprint density at radius 1 is 1.17 bits per heavy atom. The molecule has 0 bridgehead atoms. The summed E-state index contributed by atoms with van der Waals surface area (Å²) < 4.78 is 25.3. The molecule has 0 aliphatic carbocycles. The number of hydrogen-bond donors (Lipinski definition) is 1. The van der Waals surface area contributed by atoms with Crippen LogP contribution in [-0.2, 0) is 9.59 Å². The van der Waals surface area contributed by atoms with Gasteiger partial charge in [0.15, 0.2) is 22.4 Å². The average molecular weight is 573 g/mol. The Morgan fingerprint density at radius 3 is 2.57 bits per heavy atom. The van der Waals surface area contributed by atoms with Gasteiger partial charge in [-0.15, -0.1) is 0 Å². The van der Waals surface area contributed by atoms with Crippen LogP contribution in [0.3, 0.4) is 0 Å². The molecule has 35 heavy (non-hydrogen) atoms. The minimum absolute atomic E-state index is 0.223. The molecule has 0 radical (unpaired) electrons. The Bertz CT molecular complexity index is 1320. The van der Waals surface area contributed by atoms with Crippen molar-refractivity contribution < 1.29 is 23.5 Å². The van der Waals surface area contributed by atoms with Crippen molar-refractivity contribution >= 4 is 73.5 Å². The van der Waals surface area contributed by atoms with Crippen molar-refractivity contribution in [2.24, 2.45) is 0 Å². The van der Waals surface area contributed by atoms with Gasteiger partial charge in [-0.05, 0) is 76.1 Å². The number of hydrogen-bond acceptors (Lipinski definition) is 6. The third kappa shape index (κ3) is 5.90. The smallest absolute Gasteiger partial charge is 0.270 e. The van der Waals surface area contributed by atoms with E-state index >= 15 is 0 Å². The van der Waals surface area contributed by atoms with Gasteiger partial charge in [0, 0.05) is 5.69 Å². The summed E-state index contributed by atoms with van der Waals surface area (Å²) in [6, 6.07) is 18.1. The van der Waals surface area contributed by atoms with Crippen molar-refractivity contribution in [3.8, 4) is 11.5 Å². The molecule has 0 spiro atoms. The summed E-state index contributed by atoms with van der Waals surface area (Å²) in [4.78, 5) is 27.0. The van der Waals surface area contributed by atoms with Crippen LogP contribution in [0.4, 0.5) is 15.8 Å². The number of amides is 2. The monoisotopic (exact) mass is 572 g/mol. The van der Waals surface area contributed by atoms with Crippen LogP contribution in [0.15, 0.2) is 76.1 Å². The molecule has 1 aliphatic rings. The molecule has 178 valence electrons. The summed E-state index contributed by atoms with van der Waals surface area (Å²) in [6.07, 6.45) is 1.68. The molecule has 1 saturated heterocycles. The second kappa shape index (κ2) is 11.0. The van der Waals surface area contributed by atoms with E-state index in [0.717, 1.165) is 11.8 Å². The fraction of sp³-hybridized carbons (Fsp3) is 0.0800. The number of methoxy groups -OCH3 is 1. The number of benzene rings is 3. The number of thioether (sulfide) groups is 1. The quantitative estimate of drug-likeness (QED) is 0.276. The highest BCUT2D eigenvalue weighted by Gasteiger charge is 2.33. The van der Waals surface area contributed by atoms with Crippen LogP contribution in [0.2, 0.25) is 0 Å². The van der Waals surface area contributed by atoms with Crippen LogP contribution in [0.5, 0.6) is 11.5 Å². The number of nitrogens with one attached hydrogen (secondary N) is 1. The fourth-order valence-electron chi connectivity index (χ4n) is 3.25. The molecule has 0 atom stereocenters. The minimum Gasteiger partial charge on any atom is -0.493 e. The molecule has 1 aliphatic heterocycles. The number of anilines is 2. The maximum absolute atomic E-state index is 13.3. The Balaban J connectivity index is 1.50. The van der Waals surface area contributed by atoms with E-state index in [1.54, 1.807) is 30.3 Å². The van der Waals surface area contributed by atoms with Gasteiger partial charge in [-0.2, -0.15) is 0 Å². The zero-order chi connectivity index (χ0) is 24.9. The SMILES string of the molecule is COc1cc(/C=C2\SC(=S)N(c3ccc(F)cc3)C2=O)cc(Br)c1OCC(=O)Nc1ccccc1. The maximum Gasteiger partial charge on any atom is 0.270 e. The number of carbonyl (C=O) groups excluding carboxylic acids is 2. The molecule has 3 aromatic carbocycles. The van der Waals surface area contributed by atoms with Gasteiger partial charge < -0.3 is 14.8 Å². The number of ether oxygens (including phenoxy) is 2. The van der Waals surface area contributed by atoms with E-state index in [1.165, 1.54) is 36.3 Å². The van der Waals surface area contributed by atoms with Gasteiger partial charge in [-0.25, -0.2) is 4.39 Å². The third-order valence-electron chi connectivity index (χ3n) is 4.83. The minimum atomic E-state index is -0.397. The molecule has 6 nitrogen and oxygen atoms in total. The van der Waals surface area contributed by atoms with Crippen molar-refractivity contribution in [1.29, 1.82) is 0 Å². The zero-order valence-corrected chi connectivity index (χ0v) is 21.5. The van der Waals surface area contributed by atoms with Crippen molar-refractivity contribution in [2.45, 2.75) is 0 Å². The lowest BCUT2D eigenvalue weighted by molar-refractivity contribution is -0.118. The largest absolute Gasteiger partial charge is 0.493 e. The lowest BCUT2D eigenvalue weighted by Gasteiger charge is -2.14. The average Bonchev–Trinajstić information content (AvgIpc) is 3.11. The van der Waals surface area contributed by atoms with Crippen molar-refractivity contribution in [3.63, 3.8) is 0 Å². The number of rotatable bonds is 7. The van der Waals surface area contributed by atoms with E-state index in [9.17, 15) is 14.0 Å². The first-order valence-corrected chi connectivity index (χ1v) is 12.3. The molecule has 4 rings (SSSR count). The number of para-hydroxylation sites is 1. The summed E-state index contributed by atoms with van der Waals surface area (Å²) in [5.41, 5.74) is 1.82. The van der Waals surface area contributed by atoms with Gasteiger partial charge in [-0.1, -0.05) is 42.2 Å². The van der Waals surface area contributed by atoms with E-state index in [-0.39, 0.29) is 18.4 Å². The van der Waals surface area contributed by atoms with Gasteiger partial charge in [0.05, 0.1) is 22.2 Å². The molecule has 0 aromatic heterocycles. The van der Waals surface area contributed by atoms with Crippen LogP contribution in [0, 0.1) is 5.82 Å². The lowest BCUT2D eigenvalue weighted by Crippen LogP contribution is -2.27. The highest BCUT2D eigenvalue weighted by atomic mass is 79.9. The Morgan fingerprint density at radius 2 is 1.89 bits per heavy atom. The Kier molecular flexibility index (Phi) is 7.84. The van der Waals surface area contributed by atoms with E-state index < -0.39 is 5.82 Å². The van der Waals surface area contributed by atoms with E-state index in [1.807, 2.05) is 18.2 Å². The van der Waals surface area contributed by atoms with Crippen molar-refractivity contribution in [3.05, 3.63) is 87.5 Å². The number of thiocarbonyl (C=S) groups is 1. The molecule has 3 aromatic rings. The molecular weight excluding hydrogens is 555 g/mol. The molecule has 1 N–H and O–H groups in total. The van der Waals surface area contributed by atoms with Gasteiger partial charge >= 0.3 is 0 Å². The van der Waals surface area contributed by atoms with Gasteiger partial charge in [0.2, 0.25) is 0 Å². The zero-order valence-electron chi connectivity index (χ0n) is 18.3. The summed E-state index contributed by atoms with van der Waals surface area (Å²) in [6.45, 7) is -0.223. The van der Waals surface area contributed by atoms with Crippen molar-refractivity contribution in [2.75, 3.05) is 23.9 Å². The number of nitrogens with zero attached hydrogens (tertiary/aromatic N) is 1. The highest BCUT2D eigenvalue weighted by molar-refractivity contribution is 9.10. The van der Waals surface area contributed by atoms with Crippen LogP contribution in [0.1, 0.15) is 5.56 Å². The van der Waals surface area contributed by atoms with E-state index in [2.05, 4.69) is 21.2 Å². The van der Waals surface area contributed by atoms with Crippen LogP contribution in [0.25, 0.3) is 6.08 Å². The first kappa shape index (κ1) is 24.9. The van der Waals surface area contributed by atoms with Gasteiger partial charge in [0.1, 0.15) is 5.82 Å². The van der Waals surface area contributed by atoms with Crippen molar-refractivity contribution in [1.82, 2.24) is 0 Å². The molecular formula is C25H18BrFN2O4S2. The van der Waals surface area contributed by atoms with Gasteiger partial charge in [0.25, 0.3) is 11.8 Å². The summed E-state index contributed by atoms with van der Waals surface area (Å²) in [5, 5.41) is 2.75. The second-order valence-electron chi connectivity index (χ2n) is 7.23. The van der Waals surface area contributed by atoms with Crippen LogP contribution in [-0.4, -0.2) is 29.9 Å². The summed E-state index contributed by atoms with van der Waals surface area (Å²) >= 11 is 9.98. The number of halogens is 2. The maximum atomic E-state index is 13.3. The first-order valence-electron chi connectivity index (χ1n) is 10.2. The Labute approximate surface area is 219 Å². The summed E-state index contributed by atoms with van der Waals surface area (Å²) in [5.74, 6) is -0.288. The van der Waals surface area contributed by atoms with E-state index in [0.29, 0.717) is 42.1 Å². The first-order chi connectivity index (χ1) is 16.9. The third-order valence-corrected chi connectivity index (χ3v) is 6.72. The molecule has 1 heterocycles. The molecule has 2 amide bonds. The molecule has 1 fully saturated rings. The number of carbonyl (C=O) groups is 2. The predicted molar refractivity (Wildman–Crippen MR) is 143 cm³/mol. The van der Waals surface area contributed by atoms with Crippen LogP contribution >= 0.6 is 39.9 Å².